The minimum Gasteiger partial charge on any atom is -0.272 e. The zero-order chi connectivity index (χ0) is 15.8. The van der Waals surface area contributed by atoms with Gasteiger partial charge in [-0.3, -0.25) is 9.78 Å². The number of aryl methyl sites for hydroxylation is 2. The molecule has 0 atom stereocenters. The van der Waals surface area contributed by atoms with E-state index in [4.69, 9.17) is 0 Å². The van der Waals surface area contributed by atoms with Gasteiger partial charge in [0, 0.05) is 23.7 Å². The number of aromatic nitrogens is 1. The highest BCUT2D eigenvalue weighted by Crippen LogP contribution is 2.15. The fourth-order valence-corrected chi connectivity index (χ4v) is 2.83. The molecule has 2 aromatic rings. The summed E-state index contributed by atoms with van der Waals surface area (Å²) >= 11 is 1.58. The Morgan fingerprint density at radius 2 is 2.09 bits per heavy atom. The van der Waals surface area contributed by atoms with Gasteiger partial charge in [-0.05, 0) is 25.5 Å². The van der Waals surface area contributed by atoms with Crippen LogP contribution in [0.5, 0.6) is 0 Å². The van der Waals surface area contributed by atoms with Crippen molar-refractivity contribution in [3.05, 3.63) is 65.0 Å². The van der Waals surface area contributed by atoms with Crippen molar-refractivity contribution in [2.75, 3.05) is 5.75 Å². The minimum atomic E-state index is -0.102. The molecule has 0 spiro atoms. The lowest BCUT2D eigenvalue weighted by atomic mass is 10.1. The van der Waals surface area contributed by atoms with Crippen LogP contribution >= 0.6 is 11.8 Å². The molecule has 114 valence electrons. The summed E-state index contributed by atoms with van der Waals surface area (Å²) in [7, 11) is 0. The number of thioether (sulfide) groups is 1. The third kappa shape index (κ3) is 5.69. The molecule has 0 bridgehead atoms. The molecule has 0 saturated heterocycles. The maximum absolute atomic E-state index is 11.7. The van der Waals surface area contributed by atoms with E-state index >= 15 is 0 Å². The third-order valence-electron chi connectivity index (χ3n) is 2.87. The lowest BCUT2D eigenvalue weighted by Gasteiger charge is -2.04. The van der Waals surface area contributed by atoms with Crippen molar-refractivity contribution in [1.29, 1.82) is 0 Å². The Labute approximate surface area is 135 Å². The summed E-state index contributed by atoms with van der Waals surface area (Å²) in [5.74, 6) is 1.11. The van der Waals surface area contributed by atoms with Crippen LogP contribution < -0.4 is 5.43 Å². The van der Waals surface area contributed by atoms with E-state index in [1.54, 1.807) is 30.4 Å². The summed E-state index contributed by atoms with van der Waals surface area (Å²) in [5.41, 5.74) is 7.12. The number of amides is 1. The normalized spacial score (nSPS) is 10.8. The molecule has 0 radical (unpaired) electrons. The van der Waals surface area contributed by atoms with Crippen molar-refractivity contribution in [1.82, 2.24) is 10.4 Å². The van der Waals surface area contributed by atoms with E-state index < -0.39 is 0 Å². The number of hydrogen-bond acceptors (Lipinski definition) is 4. The largest absolute Gasteiger partial charge is 0.272 e. The van der Waals surface area contributed by atoms with Gasteiger partial charge in [0.2, 0.25) is 5.91 Å². The highest BCUT2D eigenvalue weighted by Gasteiger charge is 2.01. The average molecular weight is 313 g/mol. The number of nitrogens with one attached hydrogen (secondary N) is 1. The molecule has 1 amide bonds. The molecule has 4 nitrogen and oxygen atoms in total. The Morgan fingerprint density at radius 1 is 1.32 bits per heavy atom. The van der Waals surface area contributed by atoms with Gasteiger partial charge in [-0.1, -0.05) is 35.4 Å². The third-order valence-corrected chi connectivity index (χ3v) is 3.87. The van der Waals surface area contributed by atoms with E-state index in [0.717, 1.165) is 11.3 Å². The molecule has 0 aliphatic heterocycles. The SMILES string of the molecule is Cc1cc(C)cc(CSCC(=O)N/N=C/c2cccnc2)c1. The minimum absolute atomic E-state index is 0.102. The van der Waals surface area contributed by atoms with Crippen LogP contribution in [0.2, 0.25) is 0 Å². The van der Waals surface area contributed by atoms with Crippen molar-refractivity contribution in [3.63, 3.8) is 0 Å². The van der Waals surface area contributed by atoms with E-state index in [0.29, 0.717) is 5.75 Å². The number of benzene rings is 1. The summed E-state index contributed by atoms with van der Waals surface area (Å²) in [4.78, 5) is 15.7. The van der Waals surface area contributed by atoms with Crippen molar-refractivity contribution in [2.45, 2.75) is 19.6 Å². The summed E-state index contributed by atoms with van der Waals surface area (Å²) in [6.07, 6.45) is 4.96. The summed E-state index contributed by atoms with van der Waals surface area (Å²) in [6.45, 7) is 4.17. The first kappa shape index (κ1) is 16.2. The highest BCUT2D eigenvalue weighted by molar-refractivity contribution is 7.99. The lowest BCUT2D eigenvalue weighted by molar-refractivity contribution is -0.118. The summed E-state index contributed by atoms with van der Waals surface area (Å²) < 4.78 is 0. The quantitative estimate of drug-likeness (QED) is 0.658. The number of nitrogens with zero attached hydrogens (tertiary/aromatic N) is 2. The number of pyridine rings is 1. The van der Waals surface area contributed by atoms with Crippen LogP contribution in [0.1, 0.15) is 22.3 Å². The van der Waals surface area contributed by atoms with Crippen molar-refractivity contribution >= 4 is 23.9 Å². The molecule has 22 heavy (non-hydrogen) atoms. The van der Waals surface area contributed by atoms with E-state index in [9.17, 15) is 4.79 Å². The number of rotatable bonds is 6. The number of hydrazone groups is 1. The van der Waals surface area contributed by atoms with Crippen LogP contribution in [-0.4, -0.2) is 22.9 Å². The second-order valence-corrected chi connectivity index (χ2v) is 6.05. The maximum Gasteiger partial charge on any atom is 0.250 e. The number of hydrogen-bond donors (Lipinski definition) is 1. The predicted octanol–water partition coefficient (Wildman–Crippen LogP) is 3.08. The van der Waals surface area contributed by atoms with Crippen molar-refractivity contribution in [3.8, 4) is 0 Å². The van der Waals surface area contributed by atoms with Gasteiger partial charge in [0.15, 0.2) is 0 Å². The molecule has 0 aliphatic carbocycles. The summed E-state index contributed by atoms with van der Waals surface area (Å²) in [5, 5.41) is 3.92. The van der Waals surface area contributed by atoms with Gasteiger partial charge in [-0.25, -0.2) is 5.43 Å². The van der Waals surface area contributed by atoms with Gasteiger partial charge >= 0.3 is 0 Å². The smallest absolute Gasteiger partial charge is 0.250 e. The van der Waals surface area contributed by atoms with Gasteiger partial charge < -0.3 is 0 Å². The van der Waals surface area contributed by atoms with Crippen LogP contribution in [0, 0.1) is 13.8 Å². The Hall–Kier alpha value is -2.14. The molecule has 0 fully saturated rings. The Balaban J connectivity index is 1.73. The number of carbonyl (C=O) groups excluding carboxylic acids is 1. The zero-order valence-electron chi connectivity index (χ0n) is 12.7. The second-order valence-electron chi connectivity index (χ2n) is 5.07. The van der Waals surface area contributed by atoms with Gasteiger partial charge in [0.25, 0.3) is 0 Å². The highest BCUT2D eigenvalue weighted by atomic mass is 32.2. The molecule has 1 heterocycles. The van der Waals surface area contributed by atoms with Crippen molar-refractivity contribution < 1.29 is 4.79 Å². The monoisotopic (exact) mass is 313 g/mol. The first-order valence-electron chi connectivity index (χ1n) is 7.00. The molecule has 1 aromatic heterocycles. The van der Waals surface area contributed by atoms with Crippen LogP contribution in [-0.2, 0) is 10.5 Å². The zero-order valence-corrected chi connectivity index (χ0v) is 13.6. The lowest BCUT2D eigenvalue weighted by Crippen LogP contribution is -2.19. The second kappa shape index (κ2) is 8.34. The van der Waals surface area contributed by atoms with Gasteiger partial charge in [-0.2, -0.15) is 5.10 Å². The van der Waals surface area contributed by atoms with Crippen molar-refractivity contribution in [2.24, 2.45) is 5.10 Å². The topological polar surface area (TPSA) is 54.4 Å². The first-order valence-corrected chi connectivity index (χ1v) is 8.16. The van der Waals surface area contributed by atoms with Gasteiger partial charge in [0.05, 0.1) is 12.0 Å². The molecule has 5 heteroatoms. The maximum atomic E-state index is 11.7. The standard InChI is InChI=1S/C17H19N3OS/c1-13-6-14(2)8-16(7-13)11-22-12-17(21)20-19-10-15-4-3-5-18-9-15/h3-10H,11-12H2,1-2H3,(H,20,21)/b19-10+. The van der Waals surface area contributed by atoms with Crippen LogP contribution in [0.3, 0.4) is 0 Å². The van der Waals surface area contributed by atoms with Crippen LogP contribution in [0.4, 0.5) is 0 Å². The Kier molecular flexibility index (Phi) is 6.15. The molecule has 1 N–H and O–H groups in total. The summed E-state index contributed by atoms with van der Waals surface area (Å²) in [6, 6.07) is 10.1. The van der Waals surface area contributed by atoms with Crippen LogP contribution in [0.25, 0.3) is 0 Å². The van der Waals surface area contributed by atoms with E-state index in [1.165, 1.54) is 16.7 Å². The molecular weight excluding hydrogens is 294 g/mol. The Bertz CT molecular complexity index is 636. The average Bonchev–Trinajstić information content (AvgIpc) is 2.47. The Morgan fingerprint density at radius 3 is 2.77 bits per heavy atom. The molecular formula is C17H19N3OS. The van der Waals surface area contributed by atoms with E-state index in [1.807, 2.05) is 12.1 Å². The number of carbonyl (C=O) groups is 1. The predicted molar refractivity (Wildman–Crippen MR) is 92.1 cm³/mol. The molecule has 0 unspecified atom stereocenters. The fraction of sp³-hybridized carbons (Fsp3) is 0.235. The van der Waals surface area contributed by atoms with Gasteiger partial charge in [0.1, 0.15) is 0 Å². The molecule has 0 aliphatic rings. The first-order chi connectivity index (χ1) is 10.6. The molecule has 2 rings (SSSR count). The molecule has 1 aromatic carbocycles. The molecule has 0 saturated carbocycles. The fourth-order valence-electron chi connectivity index (χ4n) is 2.08. The van der Waals surface area contributed by atoms with E-state index in [-0.39, 0.29) is 5.91 Å². The van der Waals surface area contributed by atoms with E-state index in [2.05, 4.69) is 47.6 Å². The van der Waals surface area contributed by atoms with Crippen LogP contribution in [0.15, 0.2) is 47.8 Å². The van der Waals surface area contributed by atoms with Gasteiger partial charge in [-0.15, -0.1) is 11.8 Å².